The average Bonchev–Trinajstić information content (AvgIpc) is 2.50. The second kappa shape index (κ2) is 8.25. The van der Waals surface area contributed by atoms with Gasteiger partial charge in [0.1, 0.15) is 0 Å². The van der Waals surface area contributed by atoms with E-state index < -0.39 is 0 Å². The molecular weight excluding hydrogens is 264 g/mol. The number of ether oxygens (including phenoxy) is 1. The van der Waals surface area contributed by atoms with Gasteiger partial charge in [0.15, 0.2) is 11.5 Å². The number of rotatable bonds is 7. The van der Waals surface area contributed by atoms with Crippen molar-refractivity contribution in [1.82, 2.24) is 10.2 Å². The van der Waals surface area contributed by atoms with Crippen LogP contribution in [-0.2, 0) is 6.54 Å². The summed E-state index contributed by atoms with van der Waals surface area (Å²) in [5.74, 6) is 0.733. The lowest BCUT2D eigenvalue weighted by Crippen LogP contribution is -2.38. The quantitative estimate of drug-likeness (QED) is 0.759. The van der Waals surface area contributed by atoms with Crippen molar-refractivity contribution in [2.24, 2.45) is 0 Å². The van der Waals surface area contributed by atoms with Crippen molar-refractivity contribution in [1.29, 1.82) is 0 Å². The van der Waals surface area contributed by atoms with E-state index in [1.165, 1.54) is 38.8 Å². The fourth-order valence-electron chi connectivity index (χ4n) is 2.96. The van der Waals surface area contributed by atoms with Crippen LogP contribution in [0.15, 0.2) is 18.2 Å². The van der Waals surface area contributed by atoms with Gasteiger partial charge < -0.3 is 20.1 Å². The van der Waals surface area contributed by atoms with Gasteiger partial charge in [0.2, 0.25) is 0 Å². The first kappa shape index (κ1) is 16.1. The van der Waals surface area contributed by atoms with Crippen molar-refractivity contribution in [2.75, 3.05) is 26.7 Å². The number of phenols is 1. The van der Waals surface area contributed by atoms with Crippen molar-refractivity contribution in [2.45, 2.75) is 45.2 Å². The summed E-state index contributed by atoms with van der Waals surface area (Å²) in [4.78, 5) is 2.61. The minimum absolute atomic E-state index is 0.195. The molecule has 1 aromatic carbocycles. The minimum Gasteiger partial charge on any atom is -0.504 e. The Kier molecular flexibility index (Phi) is 6.33. The standard InChI is InChI=1S/C17H28N2O2/c1-14-6-3-4-10-19(14)11-5-9-18-13-15-7-8-16(20)17(12-15)21-2/h7-8,12,14,18,20H,3-6,9-11,13H2,1-2H3. The van der Waals surface area contributed by atoms with Crippen LogP contribution in [0.5, 0.6) is 11.5 Å². The molecular formula is C17H28N2O2. The van der Waals surface area contributed by atoms with Gasteiger partial charge in [-0.2, -0.15) is 0 Å². The first-order chi connectivity index (χ1) is 10.2. The number of hydrogen-bond donors (Lipinski definition) is 2. The molecule has 0 amide bonds. The summed E-state index contributed by atoms with van der Waals surface area (Å²) in [5.41, 5.74) is 1.14. The second-order valence-corrected chi connectivity index (χ2v) is 5.92. The lowest BCUT2D eigenvalue weighted by molar-refractivity contribution is 0.159. The largest absolute Gasteiger partial charge is 0.504 e. The number of aromatic hydroxyl groups is 1. The highest BCUT2D eigenvalue weighted by molar-refractivity contribution is 5.41. The average molecular weight is 292 g/mol. The molecule has 1 heterocycles. The van der Waals surface area contributed by atoms with Gasteiger partial charge in [-0.05, 0) is 63.5 Å². The number of phenolic OH excluding ortho intramolecular Hbond substituents is 1. The van der Waals surface area contributed by atoms with E-state index in [0.717, 1.165) is 24.7 Å². The lowest BCUT2D eigenvalue weighted by atomic mass is 10.0. The van der Waals surface area contributed by atoms with Crippen molar-refractivity contribution in [3.63, 3.8) is 0 Å². The van der Waals surface area contributed by atoms with Gasteiger partial charge in [-0.15, -0.1) is 0 Å². The molecule has 2 rings (SSSR count). The number of methoxy groups -OCH3 is 1. The highest BCUT2D eigenvalue weighted by atomic mass is 16.5. The van der Waals surface area contributed by atoms with Gasteiger partial charge in [-0.25, -0.2) is 0 Å². The summed E-state index contributed by atoms with van der Waals surface area (Å²) >= 11 is 0. The van der Waals surface area contributed by atoms with Crippen molar-refractivity contribution in [3.05, 3.63) is 23.8 Å². The molecule has 1 aromatic rings. The molecule has 0 spiro atoms. The zero-order valence-corrected chi connectivity index (χ0v) is 13.3. The number of hydrogen-bond acceptors (Lipinski definition) is 4. The van der Waals surface area contributed by atoms with E-state index in [1.54, 1.807) is 13.2 Å². The third-order valence-electron chi connectivity index (χ3n) is 4.31. The van der Waals surface area contributed by atoms with Gasteiger partial charge in [0.25, 0.3) is 0 Å². The maximum Gasteiger partial charge on any atom is 0.160 e. The second-order valence-electron chi connectivity index (χ2n) is 5.92. The Hall–Kier alpha value is -1.26. The molecule has 1 aliphatic heterocycles. The maximum absolute atomic E-state index is 9.56. The first-order valence-electron chi connectivity index (χ1n) is 8.01. The summed E-state index contributed by atoms with van der Waals surface area (Å²) in [5, 5.41) is 13.0. The van der Waals surface area contributed by atoms with E-state index in [-0.39, 0.29) is 5.75 Å². The SMILES string of the molecule is COc1cc(CNCCCN2CCCCC2C)ccc1O. The van der Waals surface area contributed by atoms with Crippen LogP contribution in [0.2, 0.25) is 0 Å². The molecule has 0 aliphatic carbocycles. The van der Waals surface area contributed by atoms with Crippen LogP contribution < -0.4 is 10.1 Å². The smallest absolute Gasteiger partial charge is 0.160 e. The molecule has 0 saturated carbocycles. The normalized spacial score (nSPS) is 19.6. The molecule has 21 heavy (non-hydrogen) atoms. The molecule has 1 fully saturated rings. The van der Waals surface area contributed by atoms with Crippen LogP contribution in [0.1, 0.15) is 38.2 Å². The molecule has 1 unspecified atom stereocenters. The highest BCUT2D eigenvalue weighted by Gasteiger charge is 2.16. The highest BCUT2D eigenvalue weighted by Crippen LogP contribution is 2.26. The van der Waals surface area contributed by atoms with Gasteiger partial charge >= 0.3 is 0 Å². The Labute approximate surface area is 128 Å². The maximum atomic E-state index is 9.56. The Morgan fingerprint density at radius 1 is 1.38 bits per heavy atom. The van der Waals surface area contributed by atoms with E-state index in [9.17, 15) is 5.11 Å². The van der Waals surface area contributed by atoms with Crippen LogP contribution in [-0.4, -0.2) is 42.8 Å². The Balaban J connectivity index is 1.65. The molecule has 0 aromatic heterocycles. The van der Waals surface area contributed by atoms with Gasteiger partial charge in [0, 0.05) is 12.6 Å². The predicted molar refractivity (Wildman–Crippen MR) is 85.9 cm³/mol. The minimum atomic E-state index is 0.195. The predicted octanol–water partition coefficient (Wildman–Crippen LogP) is 2.75. The Morgan fingerprint density at radius 2 is 2.24 bits per heavy atom. The van der Waals surface area contributed by atoms with Crippen LogP contribution in [0, 0.1) is 0 Å². The van der Waals surface area contributed by atoms with Crippen molar-refractivity contribution < 1.29 is 9.84 Å². The van der Waals surface area contributed by atoms with Gasteiger partial charge in [-0.1, -0.05) is 12.5 Å². The number of piperidine rings is 1. The fourth-order valence-corrected chi connectivity index (χ4v) is 2.96. The summed E-state index contributed by atoms with van der Waals surface area (Å²) in [6, 6.07) is 6.25. The summed E-state index contributed by atoms with van der Waals surface area (Å²) < 4.78 is 5.12. The van der Waals surface area contributed by atoms with E-state index in [2.05, 4.69) is 17.1 Å². The molecule has 1 saturated heterocycles. The summed E-state index contributed by atoms with van der Waals surface area (Å²) in [7, 11) is 1.58. The van der Waals surface area contributed by atoms with E-state index in [0.29, 0.717) is 5.75 Å². The van der Waals surface area contributed by atoms with Crippen molar-refractivity contribution in [3.8, 4) is 11.5 Å². The van der Waals surface area contributed by atoms with E-state index in [4.69, 9.17) is 4.74 Å². The number of likely N-dealkylation sites (tertiary alicyclic amines) is 1. The van der Waals surface area contributed by atoms with Gasteiger partial charge in [0.05, 0.1) is 7.11 Å². The van der Waals surface area contributed by atoms with Gasteiger partial charge in [-0.3, -0.25) is 0 Å². The topological polar surface area (TPSA) is 44.7 Å². The monoisotopic (exact) mass is 292 g/mol. The number of nitrogens with zero attached hydrogens (tertiary/aromatic N) is 1. The molecule has 0 radical (unpaired) electrons. The number of nitrogens with one attached hydrogen (secondary N) is 1. The molecule has 0 bridgehead atoms. The Bertz CT molecular complexity index is 437. The summed E-state index contributed by atoms with van der Waals surface area (Å²) in [6.45, 7) is 6.62. The molecule has 4 heteroatoms. The summed E-state index contributed by atoms with van der Waals surface area (Å²) in [6.07, 6.45) is 5.27. The number of benzene rings is 1. The van der Waals surface area contributed by atoms with Crippen molar-refractivity contribution >= 4 is 0 Å². The zero-order chi connectivity index (χ0) is 15.1. The van der Waals surface area contributed by atoms with Crippen LogP contribution in [0.3, 0.4) is 0 Å². The third-order valence-corrected chi connectivity index (χ3v) is 4.31. The van der Waals surface area contributed by atoms with Crippen LogP contribution >= 0.6 is 0 Å². The van der Waals surface area contributed by atoms with E-state index in [1.807, 2.05) is 12.1 Å². The lowest BCUT2D eigenvalue weighted by Gasteiger charge is -2.33. The van der Waals surface area contributed by atoms with Crippen LogP contribution in [0.4, 0.5) is 0 Å². The molecule has 1 aliphatic rings. The van der Waals surface area contributed by atoms with Crippen LogP contribution in [0.25, 0.3) is 0 Å². The first-order valence-corrected chi connectivity index (χ1v) is 8.01. The fraction of sp³-hybridized carbons (Fsp3) is 0.647. The molecule has 118 valence electrons. The Morgan fingerprint density at radius 3 is 3.00 bits per heavy atom. The zero-order valence-electron chi connectivity index (χ0n) is 13.3. The molecule has 4 nitrogen and oxygen atoms in total. The molecule has 1 atom stereocenters. The van der Waals surface area contributed by atoms with E-state index >= 15 is 0 Å². The molecule has 2 N–H and O–H groups in total. The third kappa shape index (κ3) is 4.90.